The number of anilines is 2. The minimum absolute atomic E-state index is 0.0360. The highest BCUT2D eigenvalue weighted by molar-refractivity contribution is 6.30. The second-order valence-corrected chi connectivity index (χ2v) is 6.42. The molecule has 1 amide bonds. The minimum Gasteiger partial charge on any atom is -0.383 e. The monoisotopic (exact) mass is 394 g/mol. The van der Waals surface area contributed by atoms with Crippen LogP contribution < -0.4 is 21.9 Å². The van der Waals surface area contributed by atoms with Crippen molar-refractivity contribution in [3.05, 3.63) is 55.7 Å². The van der Waals surface area contributed by atoms with Crippen LogP contribution in [0.15, 0.2) is 33.9 Å². The zero-order valence-electron chi connectivity index (χ0n) is 15.3. The maximum Gasteiger partial charge on any atom is 0.330 e. The van der Waals surface area contributed by atoms with Crippen molar-refractivity contribution in [1.82, 2.24) is 9.55 Å². The first-order valence-corrected chi connectivity index (χ1v) is 8.93. The largest absolute Gasteiger partial charge is 0.383 e. The van der Waals surface area contributed by atoms with Crippen molar-refractivity contribution < 1.29 is 9.53 Å². The van der Waals surface area contributed by atoms with Gasteiger partial charge in [0.05, 0.1) is 13.0 Å². The molecule has 0 spiro atoms. The molecular formula is C18H23ClN4O4. The fourth-order valence-electron chi connectivity index (χ4n) is 2.70. The van der Waals surface area contributed by atoms with Crippen molar-refractivity contribution in [3.63, 3.8) is 0 Å². The number of nitrogens with two attached hydrogens (primary N) is 1. The summed E-state index contributed by atoms with van der Waals surface area (Å²) in [5, 5.41) is 0.565. The van der Waals surface area contributed by atoms with Gasteiger partial charge in [-0.25, -0.2) is 4.79 Å². The SMILES string of the molecule is CCCn1c(N)c(N(CCOC)C(=O)Cc2ccc(Cl)cc2)c(=O)[nH]c1=O. The first kappa shape index (κ1) is 20.7. The highest BCUT2D eigenvalue weighted by Crippen LogP contribution is 2.19. The predicted octanol–water partition coefficient (Wildman–Crippen LogP) is 1.40. The Kier molecular flexibility index (Phi) is 7.20. The van der Waals surface area contributed by atoms with Gasteiger partial charge in [-0.05, 0) is 24.1 Å². The molecule has 0 saturated heterocycles. The summed E-state index contributed by atoms with van der Waals surface area (Å²) in [5.41, 5.74) is 5.48. The van der Waals surface area contributed by atoms with E-state index in [-0.39, 0.29) is 37.0 Å². The van der Waals surface area contributed by atoms with Crippen LogP contribution in [0, 0.1) is 0 Å². The van der Waals surface area contributed by atoms with E-state index in [1.54, 1.807) is 24.3 Å². The molecule has 1 heterocycles. The van der Waals surface area contributed by atoms with E-state index < -0.39 is 11.2 Å². The number of nitrogens with one attached hydrogen (secondary N) is 1. The number of hydrogen-bond acceptors (Lipinski definition) is 5. The maximum atomic E-state index is 12.9. The topological polar surface area (TPSA) is 110 Å². The summed E-state index contributed by atoms with van der Waals surface area (Å²) >= 11 is 5.87. The molecule has 8 nitrogen and oxygen atoms in total. The Bertz CT molecular complexity index is 905. The second kappa shape index (κ2) is 9.38. The quantitative estimate of drug-likeness (QED) is 0.703. The molecule has 0 aliphatic rings. The first-order valence-electron chi connectivity index (χ1n) is 8.55. The van der Waals surface area contributed by atoms with E-state index >= 15 is 0 Å². The fourth-order valence-corrected chi connectivity index (χ4v) is 2.83. The van der Waals surface area contributed by atoms with Crippen LogP contribution in [0.5, 0.6) is 0 Å². The lowest BCUT2D eigenvalue weighted by Crippen LogP contribution is -2.43. The smallest absolute Gasteiger partial charge is 0.330 e. The molecule has 3 N–H and O–H groups in total. The van der Waals surface area contributed by atoms with Gasteiger partial charge in [0.2, 0.25) is 5.91 Å². The summed E-state index contributed by atoms with van der Waals surface area (Å²) in [4.78, 5) is 40.8. The van der Waals surface area contributed by atoms with Crippen molar-refractivity contribution in [3.8, 4) is 0 Å². The van der Waals surface area contributed by atoms with Gasteiger partial charge in [0, 0.05) is 25.2 Å². The molecule has 146 valence electrons. The Hall–Kier alpha value is -2.58. The molecule has 0 fully saturated rings. The van der Waals surface area contributed by atoms with Crippen molar-refractivity contribution in [2.75, 3.05) is 30.9 Å². The third-order valence-corrected chi connectivity index (χ3v) is 4.27. The van der Waals surface area contributed by atoms with Crippen LogP contribution in [-0.2, 0) is 22.5 Å². The van der Waals surface area contributed by atoms with Gasteiger partial charge in [-0.15, -0.1) is 0 Å². The van der Waals surface area contributed by atoms with Crippen molar-refractivity contribution in [1.29, 1.82) is 0 Å². The van der Waals surface area contributed by atoms with Crippen LogP contribution in [0.4, 0.5) is 11.5 Å². The Labute approximate surface area is 161 Å². The van der Waals surface area contributed by atoms with E-state index in [2.05, 4.69) is 4.98 Å². The van der Waals surface area contributed by atoms with Gasteiger partial charge in [0.15, 0.2) is 5.69 Å². The third-order valence-electron chi connectivity index (χ3n) is 4.02. The average molecular weight is 395 g/mol. The van der Waals surface area contributed by atoms with E-state index in [4.69, 9.17) is 22.1 Å². The number of amides is 1. The molecule has 0 saturated carbocycles. The number of aromatic nitrogens is 2. The van der Waals surface area contributed by atoms with Gasteiger partial charge in [-0.3, -0.25) is 19.1 Å². The van der Waals surface area contributed by atoms with Crippen LogP contribution in [0.1, 0.15) is 18.9 Å². The number of rotatable bonds is 8. The fraction of sp³-hybridized carbons (Fsp3) is 0.389. The normalized spacial score (nSPS) is 10.8. The molecule has 0 aliphatic heterocycles. The molecule has 0 atom stereocenters. The number of nitrogens with zero attached hydrogens (tertiary/aromatic N) is 2. The Morgan fingerprint density at radius 1 is 1.30 bits per heavy atom. The molecule has 0 unspecified atom stereocenters. The van der Waals surface area contributed by atoms with Crippen LogP contribution in [0.3, 0.4) is 0 Å². The lowest BCUT2D eigenvalue weighted by molar-refractivity contribution is -0.118. The number of hydrogen-bond donors (Lipinski definition) is 2. The Morgan fingerprint density at radius 2 is 1.96 bits per heavy atom. The van der Waals surface area contributed by atoms with Gasteiger partial charge in [0.25, 0.3) is 5.56 Å². The number of ether oxygens (including phenoxy) is 1. The molecule has 27 heavy (non-hydrogen) atoms. The summed E-state index contributed by atoms with van der Waals surface area (Å²) < 4.78 is 6.31. The molecule has 0 bridgehead atoms. The van der Waals surface area contributed by atoms with E-state index in [9.17, 15) is 14.4 Å². The van der Waals surface area contributed by atoms with Crippen LogP contribution >= 0.6 is 11.6 Å². The lowest BCUT2D eigenvalue weighted by Gasteiger charge is -2.24. The average Bonchev–Trinajstić information content (AvgIpc) is 2.63. The Morgan fingerprint density at radius 3 is 2.56 bits per heavy atom. The number of aromatic amines is 1. The van der Waals surface area contributed by atoms with E-state index in [1.807, 2.05) is 6.92 Å². The number of carbonyl (C=O) groups is 1. The van der Waals surface area contributed by atoms with Gasteiger partial charge < -0.3 is 15.4 Å². The summed E-state index contributed by atoms with van der Waals surface area (Å²) in [7, 11) is 1.49. The van der Waals surface area contributed by atoms with Crippen LogP contribution in [0.2, 0.25) is 5.02 Å². The first-order chi connectivity index (χ1) is 12.9. The van der Waals surface area contributed by atoms with Gasteiger partial charge in [-0.2, -0.15) is 0 Å². The number of H-pyrrole nitrogens is 1. The molecule has 1 aromatic heterocycles. The summed E-state index contributed by atoms with van der Waals surface area (Å²) in [6.07, 6.45) is 0.694. The third kappa shape index (κ3) is 4.99. The van der Waals surface area contributed by atoms with E-state index in [0.29, 0.717) is 18.0 Å². The molecule has 0 radical (unpaired) electrons. The summed E-state index contributed by atoms with van der Waals surface area (Å²) in [5.74, 6) is -0.376. The van der Waals surface area contributed by atoms with Crippen molar-refractivity contribution in [2.45, 2.75) is 26.3 Å². The maximum absolute atomic E-state index is 12.9. The van der Waals surface area contributed by atoms with Crippen molar-refractivity contribution >= 4 is 29.0 Å². The Balaban J connectivity index is 2.45. The second-order valence-electron chi connectivity index (χ2n) is 5.99. The van der Waals surface area contributed by atoms with E-state index in [0.717, 1.165) is 5.56 Å². The molecule has 1 aromatic carbocycles. The van der Waals surface area contributed by atoms with Gasteiger partial charge in [0.1, 0.15) is 5.82 Å². The molecule has 2 rings (SSSR count). The number of methoxy groups -OCH3 is 1. The molecule has 2 aromatic rings. The van der Waals surface area contributed by atoms with Crippen LogP contribution in [0.25, 0.3) is 0 Å². The highest BCUT2D eigenvalue weighted by Gasteiger charge is 2.24. The number of nitrogen functional groups attached to an aromatic ring is 1. The summed E-state index contributed by atoms with van der Waals surface area (Å²) in [6, 6.07) is 6.85. The number of benzene rings is 1. The predicted molar refractivity (Wildman–Crippen MR) is 105 cm³/mol. The van der Waals surface area contributed by atoms with Crippen LogP contribution in [-0.4, -0.2) is 35.7 Å². The standard InChI is InChI=1S/C18H23ClN4O4/c1-3-8-23-16(20)15(17(25)21-18(23)26)22(9-10-27-2)14(24)11-12-4-6-13(19)7-5-12/h4-7H,3,8-11,20H2,1-2H3,(H,21,25,26). The zero-order valence-corrected chi connectivity index (χ0v) is 16.1. The highest BCUT2D eigenvalue weighted by atomic mass is 35.5. The summed E-state index contributed by atoms with van der Waals surface area (Å²) in [6.45, 7) is 2.54. The van der Waals surface area contributed by atoms with Crippen molar-refractivity contribution in [2.24, 2.45) is 0 Å². The van der Waals surface area contributed by atoms with Gasteiger partial charge in [-0.1, -0.05) is 30.7 Å². The number of carbonyl (C=O) groups excluding carboxylic acids is 1. The molecule has 9 heteroatoms. The lowest BCUT2D eigenvalue weighted by atomic mass is 10.1. The number of halogens is 1. The molecule has 0 aliphatic carbocycles. The molecular weight excluding hydrogens is 372 g/mol. The van der Waals surface area contributed by atoms with E-state index in [1.165, 1.54) is 16.6 Å². The zero-order chi connectivity index (χ0) is 20.0. The minimum atomic E-state index is -0.703. The van der Waals surface area contributed by atoms with Gasteiger partial charge >= 0.3 is 5.69 Å².